The van der Waals surface area contributed by atoms with Crippen molar-refractivity contribution in [1.82, 2.24) is 10.2 Å². The number of hydrogen-bond donors (Lipinski definition) is 1. The number of halogens is 2. The van der Waals surface area contributed by atoms with Crippen molar-refractivity contribution in [2.24, 2.45) is 5.92 Å². The molecule has 1 aliphatic rings. The molecule has 3 nitrogen and oxygen atoms in total. The lowest BCUT2D eigenvalue weighted by Crippen LogP contribution is -2.41. The van der Waals surface area contributed by atoms with Gasteiger partial charge in [0.2, 0.25) is 5.91 Å². The molecule has 1 aromatic rings. The van der Waals surface area contributed by atoms with Crippen molar-refractivity contribution in [2.45, 2.75) is 26.2 Å². The number of likely N-dealkylation sites (tertiary alicyclic amines) is 1. The zero-order valence-corrected chi connectivity index (χ0v) is 14.9. The summed E-state index contributed by atoms with van der Waals surface area (Å²) in [7, 11) is 0. The van der Waals surface area contributed by atoms with Crippen LogP contribution in [0.2, 0.25) is 0 Å². The van der Waals surface area contributed by atoms with Crippen LogP contribution < -0.4 is 5.32 Å². The Morgan fingerprint density at radius 1 is 1.29 bits per heavy atom. The lowest BCUT2D eigenvalue weighted by molar-refractivity contribution is -0.131. The van der Waals surface area contributed by atoms with Crippen LogP contribution in [0, 0.1) is 5.92 Å². The summed E-state index contributed by atoms with van der Waals surface area (Å²) in [5, 5.41) is 3.40. The van der Waals surface area contributed by atoms with Gasteiger partial charge in [0.05, 0.1) is 6.42 Å². The van der Waals surface area contributed by atoms with E-state index < -0.39 is 0 Å². The predicted molar refractivity (Wildman–Crippen MR) is 92.9 cm³/mol. The Hall–Kier alpha value is -0.580. The highest BCUT2D eigenvalue weighted by Crippen LogP contribution is 2.18. The number of amides is 1. The Bertz CT molecular complexity index is 430. The summed E-state index contributed by atoms with van der Waals surface area (Å²) in [6, 6.07) is 8.01. The van der Waals surface area contributed by atoms with Crippen molar-refractivity contribution in [2.75, 3.05) is 26.2 Å². The fourth-order valence-corrected chi connectivity index (χ4v) is 2.89. The molecule has 1 amide bonds. The molecular formula is C16H24BrClN2O. The summed E-state index contributed by atoms with van der Waals surface area (Å²) in [6.07, 6.45) is 2.77. The van der Waals surface area contributed by atoms with Crippen LogP contribution in [0.5, 0.6) is 0 Å². The minimum atomic E-state index is 0. The van der Waals surface area contributed by atoms with Gasteiger partial charge < -0.3 is 10.2 Å². The predicted octanol–water partition coefficient (Wildman–Crippen LogP) is 3.26. The average molecular weight is 376 g/mol. The van der Waals surface area contributed by atoms with E-state index in [-0.39, 0.29) is 18.3 Å². The van der Waals surface area contributed by atoms with E-state index in [0.29, 0.717) is 6.42 Å². The first kappa shape index (κ1) is 18.5. The van der Waals surface area contributed by atoms with E-state index in [1.807, 2.05) is 29.2 Å². The molecule has 1 aliphatic heterocycles. The molecule has 1 aromatic carbocycles. The van der Waals surface area contributed by atoms with Crippen LogP contribution in [0.25, 0.3) is 0 Å². The summed E-state index contributed by atoms with van der Waals surface area (Å²) in [5.74, 6) is 0.987. The standard InChI is InChI=1S/C16H23BrN2O.ClH/c1-2-18-12-14-7-9-19(10-8-14)16(20)11-13-3-5-15(17)6-4-13;/h3-6,14,18H,2,7-12H2,1H3;1H. The molecule has 0 unspecified atom stereocenters. The van der Waals surface area contributed by atoms with E-state index in [4.69, 9.17) is 0 Å². The van der Waals surface area contributed by atoms with Gasteiger partial charge in [0.1, 0.15) is 0 Å². The van der Waals surface area contributed by atoms with Gasteiger partial charge in [0.15, 0.2) is 0 Å². The first-order valence-electron chi connectivity index (χ1n) is 7.42. The summed E-state index contributed by atoms with van der Waals surface area (Å²) >= 11 is 3.41. The molecule has 1 heterocycles. The molecule has 1 N–H and O–H groups in total. The fraction of sp³-hybridized carbons (Fsp3) is 0.562. The van der Waals surface area contributed by atoms with Gasteiger partial charge in [0.25, 0.3) is 0 Å². The van der Waals surface area contributed by atoms with E-state index in [2.05, 4.69) is 28.2 Å². The third kappa shape index (κ3) is 5.97. The molecule has 0 bridgehead atoms. The summed E-state index contributed by atoms with van der Waals surface area (Å²) in [5.41, 5.74) is 1.09. The lowest BCUT2D eigenvalue weighted by Gasteiger charge is -2.32. The van der Waals surface area contributed by atoms with E-state index >= 15 is 0 Å². The summed E-state index contributed by atoms with van der Waals surface area (Å²) in [6.45, 7) is 6.07. The van der Waals surface area contributed by atoms with Gasteiger partial charge in [0, 0.05) is 17.6 Å². The van der Waals surface area contributed by atoms with Crippen LogP contribution in [0.1, 0.15) is 25.3 Å². The third-order valence-corrected chi connectivity index (χ3v) is 4.45. The van der Waals surface area contributed by atoms with Crippen molar-refractivity contribution in [3.8, 4) is 0 Å². The molecule has 0 aromatic heterocycles. The first-order chi connectivity index (χ1) is 9.69. The van der Waals surface area contributed by atoms with Crippen LogP contribution in [-0.2, 0) is 11.2 Å². The van der Waals surface area contributed by atoms with Gasteiger partial charge in [-0.3, -0.25) is 4.79 Å². The Kier molecular flexibility index (Phi) is 8.30. The number of nitrogens with zero attached hydrogens (tertiary/aromatic N) is 1. The zero-order chi connectivity index (χ0) is 14.4. The van der Waals surface area contributed by atoms with Crippen molar-refractivity contribution in [3.63, 3.8) is 0 Å². The molecule has 21 heavy (non-hydrogen) atoms. The number of nitrogens with one attached hydrogen (secondary N) is 1. The van der Waals surface area contributed by atoms with E-state index in [9.17, 15) is 4.79 Å². The van der Waals surface area contributed by atoms with Gasteiger partial charge in [-0.2, -0.15) is 0 Å². The SMILES string of the molecule is CCNCC1CCN(C(=O)Cc2ccc(Br)cc2)CC1.Cl. The molecular weight excluding hydrogens is 352 g/mol. The molecule has 0 aliphatic carbocycles. The number of hydrogen-bond acceptors (Lipinski definition) is 2. The van der Waals surface area contributed by atoms with Gasteiger partial charge in [-0.15, -0.1) is 12.4 Å². The van der Waals surface area contributed by atoms with Gasteiger partial charge in [-0.25, -0.2) is 0 Å². The topological polar surface area (TPSA) is 32.3 Å². The average Bonchev–Trinajstić information content (AvgIpc) is 2.48. The largest absolute Gasteiger partial charge is 0.342 e. The monoisotopic (exact) mass is 374 g/mol. The molecule has 118 valence electrons. The molecule has 1 fully saturated rings. The highest BCUT2D eigenvalue weighted by molar-refractivity contribution is 9.10. The Labute approximate surface area is 142 Å². The smallest absolute Gasteiger partial charge is 0.226 e. The van der Waals surface area contributed by atoms with E-state index in [1.165, 1.54) is 0 Å². The maximum atomic E-state index is 12.3. The number of carbonyl (C=O) groups is 1. The molecule has 2 rings (SSSR count). The van der Waals surface area contributed by atoms with Crippen LogP contribution in [-0.4, -0.2) is 37.0 Å². The van der Waals surface area contributed by atoms with Crippen LogP contribution in [0.15, 0.2) is 28.7 Å². The molecule has 0 spiro atoms. The van der Waals surface area contributed by atoms with Crippen molar-refractivity contribution >= 4 is 34.2 Å². The zero-order valence-electron chi connectivity index (χ0n) is 12.5. The second kappa shape index (κ2) is 9.44. The minimum absolute atomic E-state index is 0. The Morgan fingerprint density at radius 2 is 1.90 bits per heavy atom. The second-order valence-corrected chi connectivity index (χ2v) is 6.35. The second-order valence-electron chi connectivity index (χ2n) is 5.44. The van der Waals surface area contributed by atoms with Gasteiger partial charge >= 0.3 is 0 Å². The van der Waals surface area contributed by atoms with Crippen LogP contribution in [0.4, 0.5) is 0 Å². The van der Waals surface area contributed by atoms with Crippen molar-refractivity contribution in [3.05, 3.63) is 34.3 Å². The Morgan fingerprint density at radius 3 is 2.48 bits per heavy atom. The quantitative estimate of drug-likeness (QED) is 0.856. The van der Waals surface area contributed by atoms with E-state index in [0.717, 1.165) is 55.0 Å². The van der Waals surface area contributed by atoms with Gasteiger partial charge in [-0.1, -0.05) is 35.0 Å². The summed E-state index contributed by atoms with van der Waals surface area (Å²) in [4.78, 5) is 14.3. The normalized spacial score (nSPS) is 15.6. The Balaban J connectivity index is 0.00000220. The van der Waals surface area contributed by atoms with Crippen molar-refractivity contribution in [1.29, 1.82) is 0 Å². The maximum absolute atomic E-state index is 12.3. The highest BCUT2D eigenvalue weighted by atomic mass is 79.9. The van der Waals surface area contributed by atoms with Crippen LogP contribution in [0.3, 0.4) is 0 Å². The molecule has 0 radical (unpaired) electrons. The number of rotatable bonds is 5. The number of piperidine rings is 1. The molecule has 5 heteroatoms. The highest BCUT2D eigenvalue weighted by Gasteiger charge is 2.22. The van der Waals surface area contributed by atoms with Gasteiger partial charge in [-0.05, 0) is 49.5 Å². The lowest BCUT2D eigenvalue weighted by atomic mass is 9.96. The molecule has 1 saturated heterocycles. The first-order valence-corrected chi connectivity index (χ1v) is 8.21. The number of benzene rings is 1. The number of carbonyl (C=O) groups excluding carboxylic acids is 1. The fourth-order valence-electron chi connectivity index (χ4n) is 2.62. The van der Waals surface area contributed by atoms with Crippen molar-refractivity contribution < 1.29 is 4.79 Å². The van der Waals surface area contributed by atoms with E-state index in [1.54, 1.807) is 0 Å². The molecule has 0 saturated carbocycles. The summed E-state index contributed by atoms with van der Waals surface area (Å²) < 4.78 is 1.05. The van der Waals surface area contributed by atoms with Crippen LogP contribution >= 0.6 is 28.3 Å². The maximum Gasteiger partial charge on any atom is 0.226 e. The minimum Gasteiger partial charge on any atom is -0.342 e. The third-order valence-electron chi connectivity index (χ3n) is 3.92. The molecule has 0 atom stereocenters.